The van der Waals surface area contributed by atoms with Crippen molar-refractivity contribution in [2.24, 2.45) is 5.73 Å². The second-order valence-corrected chi connectivity index (χ2v) is 3.91. The molecule has 0 aliphatic heterocycles. The van der Waals surface area contributed by atoms with Crippen LogP contribution in [0.3, 0.4) is 0 Å². The Bertz CT molecular complexity index is 299. The zero-order valence-electron chi connectivity index (χ0n) is 7.61. The molecule has 0 amide bonds. The molecule has 1 nitrogen and oxygen atoms in total. The van der Waals surface area contributed by atoms with Crippen LogP contribution < -0.4 is 5.73 Å². The van der Waals surface area contributed by atoms with Gasteiger partial charge < -0.3 is 5.73 Å². The van der Waals surface area contributed by atoms with Crippen LogP contribution in [0.5, 0.6) is 0 Å². The predicted octanol–water partition coefficient (Wildman–Crippen LogP) is 2.79. The molecule has 0 aliphatic carbocycles. The van der Waals surface area contributed by atoms with Crippen molar-refractivity contribution in [3.05, 3.63) is 33.5 Å². The van der Waals surface area contributed by atoms with E-state index >= 15 is 0 Å². The molecular formula is C10H13BrFN. The smallest absolute Gasteiger partial charge is 0.137 e. The highest BCUT2D eigenvalue weighted by Gasteiger charge is 2.05. The molecular weight excluding hydrogens is 233 g/mol. The zero-order valence-corrected chi connectivity index (χ0v) is 9.20. The molecule has 0 fully saturated rings. The van der Waals surface area contributed by atoms with Crippen molar-refractivity contribution in [3.8, 4) is 0 Å². The maximum atomic E-state index is 13.2. The van der Waals surface area contributed by atoms with Gasteiger partial charge in [0.2, 0.25) is 0 Å². The molecule has 0 spiro atoms. The van der Waals surface area contributed by atoms with Gasteiger partial charge in [0.25, 0.3) is 0 Å². The van der Waals surface area contributed by atoms with Crippen molar-refractivity contribution in [2.75, 3.05) is 6.54 Å². The number of rotatable bonds is 3. The quantitative estimate of drug-likeness (QED) is 0.871. The molecule has 13 heavy (non-hydrogen) atoms. The number of halogens is 2. The van der Waals surface area contributed by atoms with E-state index in [1.54, 1.807) is 0 Å². The Morgan fingerprint density at radius 2 is 2.15 bits per heavy atom. The molecule has 0 unspecified atom stereocenters. The van der Waals surface area contributed by atoms with E-state index in [0.717, 1.165) is 24.0 Å². The van der Waals surface area contributed by atoms with Gasteiger partial charge in [-0.3, -0.25) is 0 Å². The first-order chi connectivity index (χ1) is 6.15. The van der Waals surface area contributed by atoms with Crippen LogP contribution in [-0.4, -0.2) is 6.54 Å². The Morgan fingerprint density at radius 1 is 1.46 bits per heavy atom. The maximum absolute atomic E-state index is 13.2. The van der Waals surface area contributed by atoms with Crippen LogP contribution in [0.15, 0.2) is 16.6 Å². The lowest BCUT2D eigenvalue weighted by Crippen LogP contribution is -2.01. The zero-order chi connectivity index (χ0) is 9.84. The maximum Gasteiger partial charge on any atom is 0.137 e. The first kappa shape index (κ1) is 10.7. The van der Waals surface area contributed by atoms with E-state index in [4.69, 9.17) is 5.73 Å². The molecule has 0 atom stereocenters. The fraction of sp³-hybridized carbons (Fsp3) is 0.400. The summed E-state index contributed by atoms with van der Waals surface area (Å²) in [6.45, 7) is 2.53. The van der Waals surface area contributed by atoms with Gasteiger partial charge in [-0.25, -0.2) is 4.39 Å². The van der Waals surface area contributed by atoms with Gasteiger partial charge in [-0.05, 0) is 59.4 Å². The van der Waals surface area contributed by atoms with Crippen LogP contribution >= 0.6 is 15.9 Å². The van der Waals surface area contributed by atoms with E-state index in [2.05, 4.69) is 15.9 Å². The predicted molar refractivity (Wildman–Crippen MR) is 56.2 cm³/mol. The highest BCUT2D eigenvalue weighted by Crippen LogP contribution is 2.23. The van der Waals surface area contributed by atoms with Gasteiger partial charge in [-0.1, -0.05) is 6.07 Å². The van der Waals surface area contributed by atoms with Crippen LogP contribution in [0.25, 0.3) is 0 Å². The van der Waals surface area contributed by atoms with E-state index in [9.17, 15) is 4.39 Å². The van der Waals surface area contributed by atoms with Crippen molar-refractivity contribution >= 4 is 15.9 Å². The summed E-state index contributed by atoms with van der Waals surface area (Å²) in [5, 5.41) is 0. The third-order valence-corrected chi connectivity index (χ3v) is 2.79. The normalized spacial score (nSPS) is 10.5. The number of nitrogens with two attached hydrogens (primary N) is 1. The van der Waals surface area contributed by atoms with Gasteiger partial charge in [0.1, 0.15) is 5.82 Å². The highest BCUT2D eigenvalue weighted by molar-refractivity contribution is 9.10. The molecule has 2 N–H and O–H groups in total. The van der Waals surface area contributed by atoms with Gasteiger partial charge in [-0.15, -0.1) is 0 Å². The molecule has 0 saturated carbocycles. The van der Waals surface area contributed by atoms with Gasteiger partial charge in [0.15, 0.2) is 0 Å². The minimum atomic E-state index is -0.188. The van der Waals surface area contributed by atoms with E-state index in [1.807, 2.05) is 13.0 Å². The summed E-state index contributed by atoms with van der Waals surface area (Å²) in [7, 11) is 0. The number of benzene rings is 1. The molecule has 1 rings (SSSR count). The summed E-state index contributed by atoms with van der Waals surface area (Å²) in [4.78, 5) is 0. The molecule has 3 heteroatoms. The summed E-state index contributed by atoms with van der Waals surface area (Å²) in [5.74, 6) is -0.188. The first-order valence-corrected chi connectivity index (χ1v) is 5.09. The van der Waals surface area contributed by atoms with Crippen molar-refractivity contribution in [1.29, 1.82) is 0 Å². The van der Waals surface area contributed by atoms with Crippen molar-refractivity contribution < 1.29 is 4.39 Å². The topological polar surface area (TPSA) is 26.0 Å². The van der Waals surface area contributed by atoms with Crippen molar-refractivity contribution in [2.45, 2.75) is 19.8 Å². The molecule has 0 aliphatic rings. The average Bonchev–Trinajstić information content (AvgIpc) is 2.09. The minimum Gasteiger partial charge on any atom is -0.330 e. The van der Waals surface area contributed by atoms with Crippen molar-refractivity contribution in [3.63, 3.8) is 0 Å². The third-order valence-electron chi connectivity index (χ3n) is 1.90. The van der Waals surface area contributed by atoms with E-state index < -0.39 is 0 Å². The molecule has 0 saturated heterocycles. The SMILES string of the molecule is Cc1cc(F)c(Br)c(CCCN)c1. The van der Waals surface area contributed by atoms with Crippen LogP contribution in [0.1, 0.15) is 17.5 Å². The summed E-state index contributed by atoms with van der Waals surface area (Å²) in [5.41, 5.74) is 7.35. The lowest BCUT2D eigenvalue weighted by molar-refractivity contribution is 0.615. The summed E-state index contributed by atoms with van der Waals surface area (Å²) in [6.07, 6.45) is 1.72. The van der Waals surface area contributed by atoms with Crippen LogP contribution in [0, 0.1) is 12.7 Å². The lowest BCUT2D eigenvalue weighted by Gasteiger charge is -2.06. The second kappa shape index (κ2) is 4.72. The number of hydrogen-bond donors (Lipinski definition) is 1. The Hall–Kier alpha value is -0.410. The largest absolute Gasteiger partial charge is 0.330 e. The standard InChI is InChI=1S/C10H13BrFN/c1-7-5-8(3-2-4-13)10(11)9(12)6-7/h5-6H,2-4,13H2,1H3. The Labute approximate surface area is 86.3 Å². The van der Waals surface area contributed by atoms with Gasteiger partial charge in [-0.2, -0.15) is 0 Å². The average molecular weight is 246 g/mol. The molecule has 72 valence electrons. The Morgan fingerprint density at radius 3 is 2.77 bits per heavy atom. The number of hydrogen-bond acceptors (Lipinski definition) is 1. The third kappa shape index (κ3) is 2.78. The second-order valence-electron chi connectivity index (χ2n) is 3.11. The van der Waals surface area contributed by atoms with E-state index in [-0.39, 0.29) is 5.82 Å². The van der Waals surface area contributed by atoms with Crippen molar-refractivity contribution in [1.82, 2.24) is 0 Å². The van der Waals surface area contributed by atoms with E-state index in [0.29, 0.717) is 11.0 Å². The molecule has 0 radical (unpaired) electrons. The Balaban J connectivity index is 2.92. The van der Waals surface area contributed by atoms with E-state index in [1.165, 1.54) is 6.07 Å². The highest BCUT2D eigenvalue weighted by atomic mass is 79.9. The molecule has 0 heterocycles. The summed E-state index contributed by atoms with van der Waals surface area (Å²) < 4.78 is 13.8. The lowest BCUT2D eigenvalue weighted by atomic mass is 10.1. The molecule has 1 aromatic rings. The van der Waals surface area contributed by atoms with Crippen LogP contribution in [0.2, 0.25) is 0 Å². The summed E-state index contributed by atoms with van der Waals surface area (Å²) in [6, 6.07) is 3.51. The van der Waals surface area contributed by atoms with Gasteiger partial charge in [0, 0.05) is 0 Å². The fourth-order valence-electron chi connectivity index (χ4n) is 1.27. The van der Waals surface area contributed by atoms with Crippen LogP contribution in [-0.2, 0) is 6.42 Å². The Kier molecular flexibility index (Phi) is 3.88. The van der Waals surface area contributed by atoms with Gasteiger partial charge in [0.05, 0.1) is 4.47 Å². The number of aryl methyl sites for hydroxylation is 2. The van der Waals surface area contributed by atoms with Crippen LogP contribution in [0.4, 0.5) is 4.39 Å². The monoisotopic (exact) mass is 245 g/mol. The summed E-state index contributed by atoms with van der Waals surface area (Å²) >= 11 is 3.23. The molecule has 1 aromatic carbocycles. The molecule has 0 bridgehead atoms. The fourth-order valence-corrected chi connectivity index (χ4v) is 1.70. The first-order valence-electron chi connectivity index (χ1n) is 4.29. The van der Waals surface area contributed by atoms with Gasteiger partial charge >= 0.3 is 0 Å². The molecule has 0 aromatic heterocycles. The minimum absolute atomic E-state index is 0.188.